The third-order valence-electron chi connectivity index (χ3n) is 4.96. The number of hydrogen-bond acceptors (Lipinski definition) is 2. The molecule has 0 aromatic heterocycles. The predicted molar refractivity (Wildman–Crippen MR) is 87.1 cm³/mol. The van der Waals surface area contributed by atoms with Gasteiger partial charge in [0.1, 0.15) is 0 Å². The third kappa shape index (κ3) is 4.82. The smallest absolute Gasteiger partial charge is 0.0720 e. The maximum Gasteiger partial charge on any atom is 0.0720 e. The van der Waals surface area contributed by atoms with Crippen molar-refractivity contribution in [1.82, 2.24) is 5.32 Å². The molecule has 1 N–H and O–H groups in total. The minimum Gasteiger partial charge on any atom is -0.374 e. The summed E-state index contributed by atoms with van der Waals surface area (Å²) in [6.07, 6.45) is 9.75. The van der Waals surface area contributed by atoms with E-state index in [1.807, 2.05) is 0 Å². The molecule has 2 atom stereocenters. The fourth-order valence-electron chi connectivity index (χ4n) is 3.36. The van der Waals surface area contributed by atoms with Crippen molar-refractivity contribution in [1.29, 1.82) is 0 Å². The van der Waals surface area contributed by atoms with Crippen molar-refractivity contribution in [3.8, 4) is 0 Å². The lowest BCUT2D eigenvalue weighted by atomic mass is 9.85. The van der Waals surface area contributed by atoms with Gasteiger partial charge in [0.15, 0.2) is 0 Å². The standard InChI is InChI=1S/C19H29NO/c1-2-15-5-4-8-19(12-15)21-14-17-7-3-6-16(11-17)13-20-18-9-10-18/h3,6-7,11,15,18-20H,2,4-5,8-10,12-14H2,1H3. The highest BCUT2D eigenvalue weighted by Gasteiger charge is 2.21. The lowest BCUT2D eigenvalue weighted by molar-refractivity contribution is 0.00174. The molecule has 3 rings (SSSR count). The van der Waals surface area contributed by atoms with Gasteiger partial charge in [-0.05, 0) is 42.7 Å². The molecule has 2 aliphatic rings. The molecule has 1 aromatic rings. The van der Waals surface area contributed by atoms with Crippen molar-refractivity contribution in [3.63, 3.8) is 0 Å². The van der Waals surface area contributed by atoms with E-state index in [1.54, 1.807) is 0 Å². The Bertz CT molecular complexity index is 441. The first-order valence-corrected chi connectivity index (χ1v) is 8.76. The van der Waals surface area contributed by atoms with Gasteiger partial charge in [-0.15, -0.1) is 0 Å². The molecule has 2 heteroatoms. The summed E-state index contributed by atoms with van der Waals surface area (Å²) in [6.45, 7) is 4.08. The van der Waals surface area contributed by atoms with Gasteiger partial charge in [-0.2, -0.15) is 0 Å². The summed E-state index contributed by atoms with van der Waals surface area (Å²) in [6, 6.07) is 9.65. The van der Waals surface area contributed by atoms with Gasteiger partial charge in [0.05, 0.1) is 12.7 Å². The second kappa shape index (κ2) is 7.42. The van der Waals surface area contributed by atoms with E-state index in [0.29, 0.717) is 6.10 Å². The number of benzene rings is 1. The van der Waals surface area contributed by atoms with E-state index in [2.05, 4.69) is 36.5 Å². The highest BCUT2D eigenvalue weighted by Crippen LogP contribution is 2.29. The molecular formula is C19H29NO. The summed E-state index contributed by atoms with van der Waals surface area (Å²) in [5.74, 6) is 0.887. The van der Waals surface area contributed by atoms with Gasteiger partial charge >= 0.3 is 0 Å². The topological polar surface area (TPSA) is 21.3 Å². The molecule has 2 fully saturated rings. The maximum atomic E-state index is 6.17. The molecule has 0 amide bonds. The Hall–Kier alpha value is -0.860. The summed E-state index contributed by atoms with van der Waals surface area (Å²) in [5.41, 5.74) is 2.71. The Morgan fingerprint density at radius 1 is 1.14 bits per heavy atom. The minimum atomic E-state index is 0.483. The van der Waals surface area contributed by atoms with Gasteiger partial charge in [0.25, 0.3) is 0 Å². The molecule has 0 saturated heterocycles. The summed E-state index contributed by atoms with van der Waals surface area (Å²) >= 11 is 0. The molecular weight excluding hydrogens is 258 g/mol. The summed E-state index contributed by atoms with van der Waals surface area (Å²) in [4.78, 5) is 0. The first kappa shape index (κ1) is 15.1. The van der Waals surface area contributed by atoms with Crippen LogP contribution in [-0.2, 0) is 17.9 Å². The Morgan fingerprint density at radius 3 is 2.81 bits per heavy atom. The summed E-state index contributed by atoms with van der Waals surface area (Å²) in [7, 11) is 0. The largest absolute Gasteiger partial charge is 0.374 e. The zero-order valence-electron chi connectivity index (χ0n) is 13.3. The summed E-state index contributed by atoms with van der Waals surface area (Å²) < 4.78 is 6.17. The lowest BCUT2D eigenvalue weighted by Gasteiger charge is -2.28. The SMILES string of the molecule is CCC1CCCC(OCc2cccc(CNC3CC3)c2)C1. The van der Waals surface area contributed by atoms with Crippen molar-refractivity contribution in [2.45, 2.75) is 77.2 Å². The van der Waals surface area contributed by atoms with E-state index >= 15 is 0 Å². The molecule has 2 unspecified atom stereocenters. The van der Waals surface area contributed by atoms with E-state index in [9.17, 15) is 0 Å². The third-order valence-corrected chi connectivity index (χ3v) is 4.96. The summed E-state index contributed by atoms with van der Waals surface area (Å²) in [5, 5.41) is 3.58. The fourth-order valence-corrected chi connectivity index (χ4v) is 3.36. The maximum absolute atomic E-state index is 6.17. The van der Waals surface area contributed by atoms with Gasteiger partial charge in [0, 0.05) is 12.6 Å². The van der Waals surface area contributed by atoms with E-state index in [0.717, 1.165) is 25.1 Å². The van der Waals surface area contributed by atoms with E-state index in [4.69, 9.17) is 4.74 Å². The average Bonchev–Trinajstić information content (AvgIpc) is 3.36. The predicted octanol–water partition coefficient (Wildman–Crippen LogP) is 4.42. The van der Waals surface area contributed by atoms with E-state index < -0.39 is 0 Å². The number of nitrogens with one attached hydrogen (secondary N) is 1. The molecule has 2 nitrogen and oxygen atoms in total. The molecule has 0 radical (unpaired) electrons. The van der Waals surface area contributed by atoms with Crippen LogP contribution < -0.4 is 5.32 Å². The van der Waals surface area contributed by atoms with Crippen LogP contribution in [0.1, 0.15) is 63.0 Å². The molecule has 0 spiro atoms. The van der Waals surface area contributed by atoms with Crippen molar-refractivity contribution in [3.05, 3.63) is 35.4 Å². The molecule has 1 aromatic carbocycles. The minimum absolute atomic E-state index is 0.483. The van der Waals surface area contributed by atoms with E-state index in [1.165, 1.54) is 56.1 Å². The number of hydrogen-bond donors (Lipinski definition) is 1. The first-order valence-electron chi connectivity index (χ1n) is 8.76. The zero-order valence-corrected chi connectivity index (χ0v) is 13.3. The molecule has 116 valence electrons. The molecule has 2 saturated carbocycles. The van der Waals surface area contributed by atoms with E-state index in [-0.39, 0.29) is 0 Å². The van der Waals surface area contributed by atoms with Crippen LogP contribution in [0.25, 0.3) is 0 Å². The van der Waals surface area contributed by atoms with Crippen LogP contribution in [0.2, 0.25) is 0 Å². The highest BCUT2D eigenvalue weighted by molar-refractivity contribution is 5.23. The van der Waals surface area contributed by atoms with Crippen LogP contribution >= 0.6 is 0 Å². The fraction of sp³-hybridized carbons (Fsp3) is 0.684. The van der Waals surface area contributed by atoms with Gasteiger partial charge < -0.3 is 10.1 Å². The zero-order chi connectivity index (χ0) is 14.5. The molecule has 0 aliphatic heterocycles. The van der Waals surface area contributed by atoms with Crippen molar-refractivity contribution in [2.24, 2.45) is 5.92 Å². The number of rotatable bonds is 7. The number of ether oxygens (including phenoxy) is 1. The van der Waals surface area contributed by atoms with Crippen molar-refractivity contribution in [2.75, 3.05) is 0 Å². The molecule has 2 aliphatic carbocycles. The van der Waals surface area contributed by atoms with Crippen LogP contribution in [0.4, 0.5) is 0 Å². The quantitative estimate of drug-likeness (QED) is 0.801. The van der Waals surface area contributed by atoms with Gasteiger partial charge in [-0.3, -0.25) is 0 Å². The highest BCUT2D eigenvalue weighted by atomic mass is 16.5. The second-order valence-corrected chi connectivity index (χ2v) is 6.85. The van der Waals surface area contributed by atoms with Gasteiger partial charge in [-0.25, -0.2) is 0 Å². The van der Waals surface area contributed by atoms with Crippen LogP contribution in [0.5, 0.6) is 0 Å². The average molecular weight is 287 g/mol. The molecule has 0 bridgehead atoms. The second-order valence-electron chi connectivity index (χ2n) is 6.85. The van der Waals surface area contributed by atoms with Crippen LogP contribution in [0.15, 0.2) is 24.3 Å². The first-order chi connectivity index (χ1) is 10.3. The normalized spacial score (nSPS) is 26.0. The Balaban J connectivity index is 1.46. The van der Waals surface area contributed by atoms with Crippen molar-refractivity contribution < 1.29 is 4.74 Å². The Morgan fingerprint density at radius 2 is 2.00 bits per heavy atom. The monoisotopic (exact) mass is 287 g/mol. The van der Waals surface area contributed by atoms with Crippen LogP contribution in [0.3, 0.4) is 0 Å². The van der Waals surface area contributed by atoms with Crippen LogP contribution in [-0.4, -0.2) is 12.1 Å². The van der Waals surface area contributed by atoms with Gasteiger partial charge in [-0.1, -0.05) is 50.5 Å². The Labute approximate surface area is 129 Å². The Kier molecular flexibility index (Phi) is 5.32. The molecule has 21 heavy (non-hydrogen) atoms. The molecule has 0 heterocycles. The lowest BCUT2D eigenvalue weighted by Crippen LogP contribution is -2.22. The van der Waals surface area contributed by atoms with Crippen LogP contribution in [0, 0.1) is 5.92 Å². The van der Waals surface area contributed by atoms with Crippen molar-refractivity contribution >= 4 is 0 Å². The van der Waals surface area contributed by atoms with Gasteiger partial charge in [0.2, 0.25) is 0 Å².